The highest BCUT2D eigenvalue weighted by atomic mass is 32.2. The second-order valence-corrected chi connectivity index (χ2v) is 9.00. The summed E-state index contributed by atoms with van der Waals surface area (Å²) in [6.45, 7) is 11.7. The van der Waals surface area contributed by atoms with Crippen LogP contribution in [0.15, 0.2) is 4.21 Å². The van der Waals surface area contributed by atoms with Gasteiger partial charge in [-0.2, -0.15) is 0 Å². The van der Waals surface area contributed by atoms with Gasteiger partial charge in [-0.25, -0.2) is 13.1 Å². The van der Waals surface area contributed by atoms with E-state index in [0.717, 1.165) is 16.9 Å². The molecule has 0 atom stereocenters. The minimum Gasteiger partial charge on any atom is -0.206 e. The third kappa shape index (κ3) is 4.37. The molecular weight excluding hydrogens is 266 g/mol. The molecule has 0 amide bonds. The molecule has 0 fully saturated rings. The molecule has 0 saturated carbocycles. The quantitative estimate of drug-likeness (QED) is 0.925. The molecular formula is C13H22NO2S2. The van der Waals surface area contributed by atoms with Gasteiger partial charge in [-0.1, -0.05) is 13.8 Å². The predicted molar refractivity (Wildman–Crippen MR) is 76.5 cm³/mol. The molecule has 1 heterocycles. The fourth-order valence-electron chi connectivity index (χ4n) is 1.57. The molecule has 1 N–H and O–H groups in total. The van der Waals surface area contributed by atoms with Gasteiger partial charge < -0.3 is 0 Å². The second-order valence-electron chi connectivity index (χ2n) is 6.02. The lowest BCUT2D eigenvalue weighted by molar-refractivity contribution is 0.492. The maximum Gasteiger partial charge on any atom is 0.251 e. The molecule has 0 aromatic carbocycles. The van der Waals surface area contributed by atoms with Crippen molar-refractivity contribution in [1.82, 2.24) is 4.72 Å². The Balaban J connectivity index is 3.04. The van der Waals surface area contributed by atoms with Crippen LogP contribution in [-0.2, 0) is 16.4 Å². The number of hydrogen-bond donors (Lipinski definition) is 1. The van der Waals surface area contributed by atoms with Gasteiger partial charge in [-0.05, 0) is 45.6 Å². The number of nitrogens with one attached hydrogen (secondary N) is 1. The summed E-state index contributed by atoms with van der Waals surface area (Å²) in [4.78, 5) is 1.11. The first-order valence-electron chi connectivity index (χ1n) is 6.07. The first kappa shape index (κ1) is 15.7. The van der Waals surface area contributed by atoms with E-state index in [0.29, 0.717) is 10.1 Å². The summed E-state index contributed by atoms with van der Waals surface area (Å²) >= 11 is 1.33. The van der Waals surface area contributed by atoms with Gasteiger partial charge in [-0.3, -0.25) is 0 Å². The van der Waals surface area contributed by atoms with Crippen LogP contribution >= 0.6 is 11.3 Å². The molecule has 0 aliphatic rings. The fraction of sp³-hybridized carbons (Fsp3) is 0.692. The largest absolute Gasteiger partial charge is 0.251 e. The summed E-state index contributed by atoms with van der Waals surface area (Å²) in [7, 11) is -3.44. The Kier molecular flexibility index (Phi) is 4.62. The van der Waals surface area contributed by atoms with Gasteiger partial charge in [0.25, 0.3) is 10.0 Å². The smallest absolute Gasteiger partial charge is 0.206 e. The van der Waals surface area contributed by atoms with Crippen molar-refractivity contribution in [2.24, 2.45) is 5.92 Å². The van der Waals surface area contributed by atoms with E-state index in [4.69, 9.17) is 0 Å². The van der Waals surface area contributed by atoms with E-state index in [1.54, 1.807) is 0 Å². The zero-order valence-electron chi connectivity index (χ0n) is 11.9. The van der Waals surface area contributed by atoms with Gasteiger partial charge in [0.15, 0.2) is 0 Å². The van der Waals surface area contributed by atoms with E-state index >= 15 is 0 Å². The summed E-state index contributed by atoms with van der Waals surface area (Å²) in [5.74, 6) is 0.516. The Labute approximate surface area is 115 Å². The van der Waals surface area contributed by atoms with E-state index in [1.165, 1.54) is 11.3 Å². The molecule has 18 heavy (non-hydrogen) atoms. The van der Waals surface area contributed by atoms with Gasteiger partial charge in [0.2, 0.25) is 0 Å². The normalized spacial score (nSPS) is 13.3. The highest BCUT2D eigenvalue weighted by Gasteiger charge is 2.25. The van der Waals surface area contributed by atoms with Gasteiger partial charge in [0.1, 0.15) is 4.21 Å². The molecule has 0 unspecified atom stereocenters. The topological polar surface area (TPSA) is 46.2 Å². The van der Waals surface area contributed by atoms with Crippen molar-refractivity contribution in [3.63, 3.8) is 0 Å². The lowest BCUT2D eigenvalue weighted by Crippen LogP contribution is -2.40. The van der Waals surface area contributed by atoms with Gasteiger partial charge >= 0.3 is 0 Å². The van der Waals surface area contributed by atoms with Crippen LogP contribution in [0.4, 0.5) is 0 Å². The van der Waals surface area contributed by atoms with Crippen molar-refractivity contribution in [3.8, 4) is 0 Å². The Bertz CT molecular complexity index is 508. The van der Waals surface area contributed by atoms with Crippen LogP contribution in [0.3, 0.4) is 0 Å². The maximum atomic E-state index is 12.2. The summed E-state index contributed by atoms with van der Waals surface area (Å²) in [5.41, 5.74) is 0.478. The Morgan fingerprint density at radius 2 is 1.89 bits per heavy atom. The Morgan fingerprint density at radius 1 is 1.33 bits per heavy atom. The van der Waals surface area contributed by atoms with E-state index in [1.807, 2.05) is 27.7 Å². The van der Waals surface area contributed by atoms with Crippen molar-refractivity contribution in [3.05, 3.63) is 16.5 Å². The lowest BCUT2D eigenvalue weighted by atomic mass is 10.1. The fourth-order valence-corrected chi connectivity index (χ4v) is 4.67. The highest BCUT2D eigenvalue weighted by molar-refractivity contribution is 7.91. The molecule has 1 aromatic rings. The highest BCUT2D eigenvalue weighted by Crippen LogP contribution is 2.28. The molecule has 1 radical (unpaired) electrons. The minimum atomic E-state index is -3.44. The van der Waals surface area contributed by atoms with Crippen molar-refractivity contribution < 1.29 is 8.42 Å². The molecule has 0 aliphatic carbocycles. The predicted octanol–water partition coefficient (Wildman–Crippen LogP) is 3.13. The number of thiophene rings is 1. The van der Waals surface area contributed by atoms with Crippen LogP contribution in [-0.4, -0.2) is 14.0 Å². The zero-order valence-corrected chi connectivity index (χ0v) is 13.6. The van der Waals surface area contributed by atoms with E-state index in [2.05, 4.69) is 24.6 Å². The van der Waals surface area contributed by atoms with Crippen LogP contribution in [0.2, 0.25) is 0 Å². The van der Waals surface area contributed by atoms with Crippen molar-refractivity contribution in [2.75, 3.05) is 0 Å². The van der Waals surface area contributed by atoms with Crippen molar-refractivity contribution >= 4 is 21.4 Å². The second kappa shape index (κ2) is 5.31. The van der Waals surface area contributed by atoms with Crippen LogP contribution in [0.25, 0.3) is 0 Å². The molecule has 0 aliphatic heterocycles. The Hall–Kier alpha value is -0.390. The number of hydrogen-bond acceptors (Lipinski definition) is 3. The van der Waals surface area contributed by atoms with Gasteiger partial charge in [-0.15, -0.1) is 11.3 Å². The molecule has 103 valence electrons. The number of aryl methyl sites for hydroxylation is 1. The van der Waals surface area contributed by atoms with Crippen molar-refractivity contribution in [2.45, 2.75) is 57.7 Å². The Morgan fingerprint density at radius 3 is 2.33 bits per heavy atom. The third-order valence-electron chi connectivity index (χ3n) is 2.20. The van der Waals surface area contributed by atoms with Crippen LogP contribution < -0.4 is 4.72 Å². The molecule has 1 aromatic heterocycles. The van der Waals surface area contributed by atoms with E-state index in [-0.39, 0.29) is 0 Å². The standard InChI is InChI=1S/C13H22NO2S2/c1-9(2)7-11-10(3)8-12(17-11)18(15,16)14-13(4,5)6/h9,14H,7H2,1-6H3. The molecule has 0 spiro atoms. The minimum absolute atomic E-state index is 0.297. The van der Waals surface area contributed by atoms with E-state index < -0.39 is 15.6 Å². The zero-order chi connectivity index (χ0) is 14.1. The van der Waals surface area contributed by atoms with Crippen LogP contribution in [0.1, 0.15) is 45.1 Å². The van der Waals surface area contributed by atoms with Gasteiger partial charge in [0.05, 0.1) is 0 Å². The van der Waals surface area contributed by atoms with Crippen molar-refractivity contribution in [1.29, 1.82) is 0 Å². The average molecular weight is 288 g/mol. The SMILES string of the molecule is Cc1[c]c(S(=O)(=O)NC(C)(C)C)sc1CC(C)C. The first-order valence-corrected chi connectivity index (χ1v) is 8.37. The third-order valence-corrected chi connectivity index (χ3v) is 5.59. The number of rotatable bonds is 4. The maximum absolute atomic E-state index is 12.2. The van der Waals surface area contributed by atoms with E-state index in [9.17, 15) is 8.42 Å². The monoisotopic (exact) mass is 288 g/mol. The molecule has 3 nitrogen and oxygen atoms in total. The average Bonchev–Trinajstić information content (AvgIpc) is 2.43. The summed E-state index contributed by atoms with van der Waals surface area (Å²) in [5, 5.41) is 0. The lowest BCUT2D eigenvalue weighted by Gasteiger charge is -2.19. The van der Waals surface area contributed by atoms with Gasteiger partial charge in [0, 0.05) is 16.5 Å². The summed E-state index contributed by atoms with van der Waals surface area (Å²) in [6, 6.07) is 2.98. The molecule has 0 bridgehead atoms. The summed E-state index contributed by atoms with van der Waals surface area (Å²) < 4.78 is 27.3. The number of sulfonamides is 1. The molecule has 5 heteroatoms. The summed E-state index contributed by atoms with van der Waals surface area (Å²) in [6.07, 6.45) is 0.901. The molecule has 1 rings (SSSR count). The molecule has 0 saturated heterocycles. The first-order chi connectivity index (χ1) is 8.01. The van der Waals surface area contributed by atoms with Crippen LogP contribution in [0.5, 0.6) is 0 Å². The van der Waals surface area contributed by atoms with Crippen LogP contribution in [0, 0.1) is 18.9 Å².